The van der Waals surface area contributed by atoms with Crippen LogP contribution >= 0.6 is 11.6 Å². The average molecular weight is 506 g/mol. The molecule has 184 valence electrons. The number of amides is 1. The molecule has 2 N–H and O–H groups in total. The van der Waals surface area contributed by atoms with Crippen LogP contribution in [0.3, 0.4) is 0 Å². The third-order valence-electron chi connectivity index (χ3n) is 5.66. The van der Waals surface area contributed by atoms with Crippen LogP contribution in [-0.2, 0) is 6.18 Å². The van der Waals surface area contributed by atoms with Gasteiger partial charge in [0.05, 0.1) is 24.3 Å². The number of ether oxygens (including phenoxy) is 1. The van der Waals surface area contributed by atoms with Crippen molar-refractivity contribution in [1.82, 2.24) is 10.3 Å². The van der Waals surface area contributed by atoms with Crippen molar-refractivity contribution in [2.45, 2.75) is 18.7 Å². The molecule has 0 spiro atoms. The molecule has 1 saturated heterocycles. The zero-order valence-electron chi connectivity index (χ0n) is 18.6. The highest BCUT2D eigenvalue weighted by atomic mass is 35.5. The predicted molar refractivity (Wildman–Crippen MR) is 127 cm³/mol. The molecule has 1 unspecified atom stereocenters. The molecule has 6 nitrogen and oxygen atoms in total. The number of alkyl halides is 3. The van der Waals surface area contributed by atoms with Gasteiger partial charge >= 0.3 is 6.18 Å². The van der Waals surface area contributed by atoms with Crippen LogP contribution in [0.4, 0.5) is 18.9 Å². The molecule has 1 aliphatic heterocycles. The maximum absolute atomic E-state index is 12.9. The minimum absolute atomic E-state index is 0.111. The van der Waals surface area contributed by atoms with E-state index in [9.17, 15) is 18.0 Å². The molecule has 1 aliphatic rings. The Morgan fingerprint density at radius 3 is 2.69 bits per heavy atom. The molecule has 10 heteroatoms. The van der Waals surface area contributed by atoms with Gasteiger partial charge in [-0.3, -0.25) is 4.79 Å². The highest BCUT2D eigenvalue weighted by Gasteiger charge is 2.31. The lowest BCUT2D eigenvalue weighted by Gasteiger charge is -2.23. The van der Waals surface area contributed by atoms with Crippen LogP contribution in [0, 0.1) is 0 Å². The van der Waals surface area contributed by atoms with Crippen LogP contribution < -0.4 is 15.0 Å². The topological polar surface area (TPSA) is 74.7 Å². The number of benzene rings is 2. The number of carbonyl (C=O) groups is 1. The third kappa shape index (κ3) is 5.86. The molecule has 1 fully saturated rings. The van der Waals surface area contributed by atoms with E-state index in [2.05, 4.69) is 10.3 Å². The molecule has 35 heavy (non-hydrogen) atoms. The van der Waals surface area contributed by atoms with Gasteiger partial charge in [-0.05, 0) is 29.8 Å². The predicted octanol–water partition coefficient (Wildman–Crippen LogP) is 4.80. The zero-order valence-corrected chi connectivity index (χ0v) is 19.3. The number of aliphatic hydroxyl groups is 1. The fourth-order valence-electron chi connectivity index (χ4n) is 3.95. The van der Waals surface area contributed by atoms with Crippen LogP contribution in [0.15, 0.2) is 60.8 Å². The van der Waals surface area contributed by atoms with Crippen molar-refractivity contribution >= 4 is 23.2 Å². The first-order valence-electron chi connectivity index (χ1n) is 11.0. The van der Waals surface area contributed by atoms with E-state index < -0.39 is 11.7 Å². The molecule has 1 aromatic heterocycles. The van der Waals surface area contributed by atoms with Gasteiger partial charge in [-0.15, -0.1) is 0 Å². The summed E-state index contributed by atoms with van der Waals surface area (Å²) in [4.78, 5) is 18.7. The van der Waals surface area contributed by atoms with Gasteiger partial charge < -0.3 is 20.1 Å². The normalized spacial score (nSPS) is 15.8. The molecule has 0 saturated carbocycles. The molecule has 0 radical (unpaired) electrons. The van der Waals surface area contributed by atoms with Crippen molar-refractivity contribution in [1.29, 1.82) is 0 Å². The molecular weight excluding hydrogens is 483 g/mol. The lowest BCUT2D eigenvalue weighted by atomic mass is 10.0. The van der Waals surface area contributed by atoms with E-state index in [1.54, 1.807) is 12.1 Å². The summed E-state index contributed by atoms with van der Waals surface area (Å²) in [5, 5.41) is 12.4. The molecule has 3 aromatic rings. The lowest BCUT2D eigenvalue weighted by molar-refractivity contribution is -0.137. The summed E-state index contributed by atoms with van der Waals surface area (Å²) in [5.74, 6) is -0.225. The van der Waals surface area contributed by atoms with Crippen LogP contribution in [0.5, 0.6) is 5.88 Å². The molecule has 1 atom stereocenters. The molecule has 1 amide bonds. The Morgan fingerprint density at radius 2 is 2.00 bits per heavy atom. The number of hydrogen-bond donors (Lipinski definition) is 2. The van der Waals surface area contributed by atoms with E-state index in [1.807, 2.05) is 35.2 Å². The summed E-state index contributed by atoms with van der Waals surface area (Å²) in [6.07, 6.45) is -3.42. The molecule has 2 heterocycles. The second-order valence-electron chi connectivity index (χ2n) is 8.05. The van der Waals surface area contributed by atoms with E-state index in [0.29, 0.717) is 35.8 Å². The monoisotopic (exact) mass is 505 g/mol. The maximum Gasteiger partial charge on any atom is 0.417 e. The van der Waals surface area contributed by atoms with Gasteiger partial charge in [-0.25, -0.2) is 4.98 Å². The quantitative estimate of drug-likeness (QED) is 0.482. The van der Waals surface area contributed by atoms with Gasteiger partial charge in [-0.1, -0.05) is 35.9 Å². The molecule has 0 bridgehead atoms. The molecule has 2 aromatic carbocycles. The third-order valence-corrected chi connectivity index (χ3v) is 5.99. The Balaban J connectivity index is 1.54. The van der Waals surface area contributed by atoms with Gasteiger partial charge in [0, 0.05) is 48.0 Å². The Labute approximate surface area is 205 Å². The molecular formula is C25H23ClF3N3O3. The second kappa shape index (κ2) is 10.5. The Bertz CT molecular complexity index is 1190. The van der Waals surface area contributed by atoms with Crippen molar-refractivity contribution in [2.24, 2.45) is 0 Å². The summed E-state index contributed by atoms with van der Waals surface area (Å²) in [7, 11) is 0. The minimum Gasteiger partial charge on any atom is -0.472 e. The number of carbonyl (C=O) groups excluding carboxylic acids is 1. The second-order valence-corrected chi connectivity index (χ2v) is 8.46. The standard InChI is InChI=1S/C25H23ClF3N3O3/c26-21-4-2-1-3-19(21)16-5-7-22(20(13-16)24(34)30-10-12-33)32-11-9-18(15-32)35-23-8-6-17(14-31-23)25(27,28)29/h1-8,13-14,18,33H,9-12,15H2,(H,30,34). The number of anilines is 1. The number of halogens is 4. The summed E-state index contributed by atoms with van der Waals surface area (Å²) >= 11 is 6.34. The van der Waals surface area contributed by atoms with Crippen LogP contribution in [0.1, 0.15) is 22.3 Å². The molecule has 4 rings (SSSR count). The van der Waals surface area contributed by atoms with Crippen molar-refractivity contribution in [2.75, 3.05) is 31.1 Å². The first kappa shape index (κ1) is 24.8. The Morgan fingerprint density at radius 1 is 1.20 bits per heavy atom. The van der Waals surface area contributed by atoms with E-state index in [-0.39, 0.29) is 31.0 Å². The zero-order chi connectivity index (χ0) is 25.0. The van der Waals surface area contributed by atoms with Gasteiger partial charge in [0.15, 0.2) is 0 Å². The van der Waals surface area contributed by atoms with Crippen LogP contribution in [0.25, 0.3) is 11.1 Å². The van der Waals surface area contributed by atoms with E-state index in [0.717, 1.165) is 23.4 Å². The summed E-state index contributed by atoms with van der Waals surface area (Å²) in [6.45, 7) is 0.927. The number of hydrogen-bond acceptors (Lipinski definition) is 5. The number of aromatic nitrogens is 1. The fourth-order valence-corrected chi connectivity index (χ4v) is 4.20. The molecule has 0 aliphatic carbocycles. The van der Waals surface area contributed by atoms with Crippen molar-refractivity contribution in [3.8, 4) is 17.0 Å². The van der Waals surface area contributed by atoms with Gasteiger partial charge in [0.1, 0.15) is 6.10 Å². The summed E-state index contributed by atoms with van der Waals surface area (Å²) in [5.41, 5.74) is 1.82. The van der Waals surface area contributed by atoms with Crippen LogP contribution in [0.2, 0.25) is 5.02 Å². The van der Waals surface area contributed by atoms with E-state index >= 15 is 0 Å². The van der Waals surface area contributed by atoms with Crippen molar-refractivity contribution in [3.63, 3.8) is 0 Å². The number of nitrogens with one attached hydrogen (secondary N) is 1. The van der Waals surface area contributed by atoms with Crippen molar-refractivity contribution in [3.05, 3.63) is 76.9 Å². The highest BCUT2D eigenvalue weighted by Crippen LogP contribution is 2.34. The van der Waals surface area contributed by atoms with Gasteiger partial charge in [-0.2, -0.15) is 13.2 Å². The number of nitrogens with zero attached hydrogens (tertiary/aromatic N) is 2. The average Bonchev–Trinajstić information content (AvgIpc) is 3.30. The Hall–Kier alpha value is -3.30. The largest absolute Gasteiger partial charge is 0.472 e. The van der Waals surface area contributed by atoms with Crippen LogP contribution in [-0.4, -0.2) is 48.3 Å². The maximum atomic E-state index is 12.9. The minimum atomic E-state index is -4.46. The van der Waals surface area contributed by atoms with E-state index in [1.165, 1.54) is 6.07 Å². The van der Waals surface area contributed by atoms with Crippen molar-refractivity contribution < 1.29 is 27.8 Å². The van der Waals surface area contributed by atoms with Gasteiger partial charge in [0.25, 0.3) is 5.91 Å². The fraction of sp³-hybridized carbons (Fsp3) is 0.280. The smallest absolute Gasteiger partial charge is 0.417 e. The summed E-state index contributed by atoms with van der Waals surface area (Å²) < 4.78 is 44.1. The number of pyridine rings is 1. The lowest BCUT2D eigenvalue weighted by Crippen LogP contribution is -2.30. The Kier molecular flexibility index (Phi) is 7.47. The van der Waals surface area contributed by atoms with Gasteiger partial charge in [0.2, 0.25) is 5.88 Å². The SMILES string of the molecule is O=C(NCCO)c1cc(-c2ccccc2Cl)ccc1N1CCC(Oc2ccc(C(F)(F)F)cn2)C1. The number of aliphatic hydroxyl groups excluding tert-OH is 1. The first-order chi connectivity index (χ1) is 16.8. The summed E-state index contributed by atoms with van der Waals surface area (Å²) in [6, 6.07) is 14.9. The highest BCUT2D eigenvalue weighted by molar-refractivity contribution is 6.33. The van der Waals surface area contributed by atoms with E-state index in [4.69, 9.17) is 21.4 Å². The first-order valence-corrected chi connectivity index (χ1v) is 11.4. The number of rotatable bonds is 7.